The summed E-state index contributed by atoms with van der Waals surface area (Å²) in [6.45, 7) is 4.20. The maximum absolute atomic E-state index is 14.5. The number of aromatic nitrogens is 1. The van der Waals surface area contributed by atoms with Gasteiger partial charge in [0, 0.05) is 27.4 Å². The van der Waals surface area contributed by atoms with Crippen LogP contribution in [0.4, 0.5) is 8.78 Å². The van der Waals surface area contributed by atoms with Gasteiger partial charge in [-0.05, 0) is 74.5 Å². The van der Waals surface area contributed by atoms with Gasteiger partial charge in [-0.15, -0.1) is 0 Å². The van der Waals surface area contributed by atoms with E-state index in [9.17, 15) is 8.78 Å². The first-order chi connectivity index (χ1) is 14.4. The van der Waals surface area contributed by atoms with Crippen LogP contribution in [0.15, 0.2) is 54.6 Å². The Morgan fingerprint density at radius 2 is 1.83 bits per heavy atom. The zero-order chi connectivity index (χ0) is 21.0. The summed E-state index contributed by atoms with van der Waals surface area (Å²) in [7, 11) is 1.63. The molecule has 0 fully saturated rings. The van der Waals surface area contributed by atoms with Gasteiger partial charge in [-0.2, -0.15) is 0 Å². The zero-order valence-electron chi connectivity index (χ0n) is 17.0. The first-order valence-electron chi connectivity index (χ1n) is 9.81. The van der Waals surface area contributed by atoms with Crippen LogP contribution in [0.25, 0.3) is 27.9 Å². The highest BCUT2D eigenvalue weighted by molar-refractivity contribution is 6.11. The second kappa shape index (κ2) is 6.59. The Morgan fingerprint density at radius 1 is 1.00 bits per heavy atom. The van der Waals surface area contributed by atoms with Crippen molar-refractivity contribution in [1.29, 1.82) is 0 Å². The molecule has 5 rings (SSSR count). The van der Waals surface area contributed by atoms with Crippen LogP contribution in [-0.2, 0) is 6.54 Å². The van der Waals surface area contributed by atoms with Crippen LogP contribution in [0.5, 0.6) is 11.5 Å². The third-order valence-corrected chi connectivity index (χ3v) is 5.59. The number of hydrogen-bond donors (Lipinski definition) is 0. The molecule has 0 aliphatic carbocycles. The molecular weight excluding hydrogens is 384 g/mol. The average Bonchev–Trinajstić information content (AvgIpc) is 3.03. The van der Waals surface area contributed by atoms with Crippen LogP contribution in [-0.4, -0.2) is 17.3 Å². The molecule has 152 valence electrons. The predicted octanol–water partition coefficient (Wildman–Crippen LogP) is 6.31. The van der Waals surface area contributed by atoms with Gasteiger partial charge in [-0.3, -0.25) is 0 Å². The normalized spacial score (nSPS) is 14.7. The van der Waals surface area contributed by atoms with Gasteiger partial charge in [0.2, 0.25) is 0 Å². The molecule has 5 heteroatoms. The molecule has 0 atom stereocenters. The Morgan fingerprint density at radius 3 is 2.63 bits per heavy atom. The lowest BCUT2D eigenvalue weighted by atomic mass is 10.00. The third kappa shape index (κ3) is 2.93. The minimum absolute atomic E-state index is 0.198. The van der Waals surface area contributed by atoms with Crippen LogP contribution in [0.1, 0.15) is 25.0 Å². The Hall–Kier alpha value is -3.34. The fraction of sp³-hybridized carbons (Fsp3) is 0.200. The second-order valence-corrected chi connectivity index (χ2v) is 8.12. The molecule has 4 aromatic rings. The van der Waals surface area contributed by atoms with Crippen molar-refractivity contribution in [2.75, 3.05) is 7.11 Å². The van der Waals surface area contributed by atoms with E-state index < -0.39 is 17.2 Å². The Labute approximate surface area is 173 Å². The van der Waals surface area contributed by atoms with Crippen molar-refractivity contribution in [3.05, 3.63) is 77.4 Å². The maximum Gasteiger partial charge on any atom is 0.129 e. The molecule has 0 saturated carbocycles. The summed E-state index contributed by atoms with van der Waals surface area (Å²) in [5.41, 5.74) is 2.66. The van der Waals surface area contributed by atoms with Gasteiger partial charge in [-0.25, -0.2) is 8.78 Å². The highest BCUT2D eigenvalue weighted by Gasteiger charge is 2.25. The van der Waals surface area contributed by atoms with Crippen molar-refractivity contribution < 1.29 is 18.3 Å². The second-order valence-electron chi connectivity index (χ2n) is 8.12. The van der Waals surface area contributed by atoms with E-state index in [-0.39, 0.29) is 6.54 Å². The summed E-state index contributed by atoms with van der Waals surface area (Å²) in [5.74, 6) is 0.619. The third-order valence-electron chi connectivity index (χ3n) is 5.59. The molecule has 3 nitrogen and oxygen atoms in total. The minimum atomic E-state index is -0.458. The van der Waals surface area contributed by atoms with Crippen molar-refractivity contribution in [2.45, 2.75) is 26.0 Å². The highest BCUT2D eigenvalue weighted by atomic mass is 19.1. The summed E-state index contributed by atoms with van der Waals surface area (Å²) in [4.78, 5) is 0. The molecule has 0 spiro atoms. The van der Waals surface area contributed by atoms with Crippen molar-refractivity contribution in [3.63, 3.8) is 0 Å². The molecule has 1 aromatic heterocycles. The van der Waals surface area contributed by atoms with E-state index in [0.29, 0.717) is 5.56 Å². The largest absolute Gasteiger partial charge is 0.497 e. The number of methoxy groups -OCH3 is 1. The molecule has 0 N–H and O–H groups in total. The van der Waals surface area contributed by atoms with Crippen molar-refractivity contribution in [1.82, 2.24) is 4.57 Å². The van der Waals surface area contributed by atoms with Crippen molar-refractivity contribution in [2.24, 2.45) is 0 Å². The summed E-state index contributed by atoms with van der Waals surface area (Å²) in [5, 5.41) is 2.00. The summed E-state index contributed by atoms with van der Waals surface area (Å²) in [6, 6.07) is 13.3. The van der Waals surface area contributed by atoms with E-state index in [4.69, 9.17) is 9.47 Å². The number of ether oxygens (including phenoxy) is 2. The van der Waals surface area contributed by atoms with Crippen molar-refractivity contribution >= 4 is 27.9 Å². The van der Waals surface area contributed by atoms with Crippen LogP contribution in [0, 0.1) is 11.6 Å². The van der Waals surface area contributed by atoms with Gasteiger partial charge < -0.3 is 14.0 Å². The standard InChI is InChI=1S/C25H21F2NO2/c1-25(2)11-10-19-23(30-25)9-6-18-20-13-17(29-3)5-8-22(20)28(24(18)19)14-15-12-16(26)4-7-21(15)27/h4-13H,14H2,1-3H3. The highest BCUT2D eigenvalue weighted by Crippen LogP contribution is 2.41. The number of rotatable bonds is 3. The van der Waals surface area contributed by atoms with Crippen molar-refractivity contribution in [3.8, 4) is 11.5 Å². The summed E-state index contributed by atoms with van der Waals surface area (Å²) in [6.07, 6.45) is 4.07. The van der Waals surface area contributed by atoms with Gasteiger partial charge in [0.05, 0.1) is 19.2 Å². The summed E-state index contributed by atoms with van der Waals surface area (Å²) >= 11 is 0. The molecule has 0 saturated heterocycles. The van der Waals surface area contributed by atoms with E-state index >= 15 is 0 Å². The quantitative estimate of drug-likeness (QED) is 0.398. The van der Waals surface area contributed by atoms with E-state index in [1.165, 1.54) is 12.1 Å². The minimum Gasteiger partial charge on any atom is -0.497 e. The predicted molar refractivity (Wildman–Crippen MR) is 115 cm³/mol. The molecule has 0 bridgehead atoms. The number of halogens is 2. The fourth-order valence-electron chi connectivity index (χ4n) is 4.16. The number of benzene rings is 3. The molecule has 2 heterocycles. The molecule has 0 amide bonds. The molecule has 0 unspecified atom stereocenters. The first-order valence-corrected chi connectivity index (χ1v) is 9.81. The van der Waals surface area contributed by atoms with Gasteiger partial charge in [0.15, 0.2) is 0 Å². The van der Waals surface area contributed by atoms with Gasteiger partial charge in [0.1, 0.15) is 28.7 Å². The lowest BCUT2D eigenvalue weighted by Gasteiger charge is -2.28. The van der Waals surface area contributed by atoms with E-state index in [1.807, 2.05) is 54.8 Å². The van der Waals surface area contributed by atoms with Crippen LogP contribution in [0.3, 0.4) is 0 Å². The molecule has 3 aromatic carbocycles. The average molecular weight is 405 g/mol. The van der Waals surface area contributed by atoms with Crippen LogP contribution >= 0.6 is 0 Å². The number of fused-ring (bicyclic) bond motifs is 5. The lowest BCUT2D eigenvalue weighted by Crippen LogP contribution is -2.27. The number of hydrogen-bond acceptors (Lipinski definition) is 2. The van der Waals surface area contributed by atoms with E-state index in [2.05, 4.69) is 6.08 Å². The van der Waals surface area contributed by atoms with Crippen LogP contribution in [0.2, 0.25) is 0 Å². The molecule has 30 heavy (non-hydrogen) atoms. The Balaban J connectivity index is 1.83. The molecule has 0 radical (unpaired) electrons. The first kappa shape index (κ1) is 18.7. The van der Waals surface area contributed by atoms with E-state index in [0.717, 1.165) is 44.9 Å². The lowest BCUT2D eigenvalue weighted by molar-refractivity contribution is 0.159. The number of nitrogens with zero attached hydrogens (tertiary/aromatic N) is 1. The molecular formula is C25H21F2NO2. The van der Waals surface area contributed by atoms with Gasteiger partial charge in [-0.1, -0.05) is 0 Å². The Bertz CT molecular complexity index is 1330. The SMILES string of the molecule is COc1ccc2c(c1)c1ccc3c(c1n2Cc1cc(F)ccc1F)C=CC(C)(C)O3. The summed E-state index contributed by atoms with van der Waals surface area (Å²) < 4.78 is 41.9. The topological polar surface area (TPSA) is 23.4 Å². The monoisotopic (exact) mass is 405 g/mol. The van der Waals surface area contributed by atoms with E-state index in [1.54, 1.807) is 7.11 Å². The fourth-order valence-corrected chi connectivity index (χ4v) is 4.16. The zero-order valence-corrected chi connectivity index (χ0v) is 17.0. The van der Waals surface area contributed by atoms with Crippen LogP contribution < -0.4 is 9.47 Å². The molecule has 1 aliphatic heterocycles. The van der Waals surface area contributed by atoms with Gasteiger partial charge >= 0.3 is 0 Å². The Kier molecular flexibility index (Phi) is 4.10. The smallest absolute Gasteiger partial charge is 0.129 e. The maximum atomic E-state index is 14.5. The van der Waals surface area contributed by atoms with Gasteiger partial charge in [0.25, 0.3) is 0 Å². The molecule has 1 aliphatic rings.